The molecule has 0 radical (unpaired) electrons. The number of hydrogen-bond donors (Lipinski definition) is 2. The molecule has 28 heavy (non-hydrogen) atoms. The molecule has 0 aliphatic carbocycles. The maximum absolute atomic E-state index is 12.4. The lowest BCUT2D eigenvalue weighted by Gasteiger charge is -2.10. The quantitative estimate of drug-likeness (QED) is 0.542. The number of halogens is 1. The van der Waals surface area contributed by atoms with Crippen LogP contribution in [0.1, 0.15) is 11.1 Å². The van der Waals surface area contributed by atoms with Crippen molar-refractivity contribution in [3.05, 3.63) is 58.1 Å². The zero-order valence-electron chi connectivity index (χ0n) is 15.2. The molecule has 0 bridgehead atoms. The highest BCUT2D eigenvalue weighted by atomic mass is 35.5. The number of carbonyl (C=O) groups is 2. The molecule has 0 aromatic heterocycles. The molecule has 7 nitrogen and oxygen atoms in total. The number of rotatable bonds is 7. The van der Waals surface area contributed by atoms with Gasteiger partial charge < -0.3 is 19.9 Å². The topological polar surface area (TPSA) is 109 Å². The van der Waals surface area contributed by atoms with Gasteiger partial charge in [-0.3, -0.25) is 4.79 Å². The van der Waals surface area contributed by atoms with E-state index in [2.05, 4.69) is 5.32 Å². The molecule has 0 fully saturated rings. The normalized spacial score (nSPS) is 10.7. The largest absolute Gasteiger partial charge is 0.493 e. The molecule has 2 N–H and O–H groups in total. The van der Waals surface area contributed by atoms with Crippen LogP contribution in [0.4, 0.5) is 5.69 Å². The molecule has 2 aromatic rings. The highest BCUT2D eigenvalue weighted by Gasteiger charge is 2.13. The van der Waals surface area contributed by atoms with Gasteiger partial charge in [-0.25, -0.2) is 4.79 Å². The number of benzene rings is 2. The SMILES string of the molecule is COc1cc(/C=C(\C#N)C(=O)Nc2cc(Cl)ccc2C)ccc1OCC(=O)O. The minimum Gasteiger partial charge on any atom is -0.493 e. The highest BCUT2D eigenvalue weighted by molar-refractivity contribution is 6.31. The third kappa shape index (κ3) is 5.50. The fourth-order valence-electron chi connectivity index (χ4n) is 2.27. The molecular formula is C20H17ClN2O5. The van der Waals surface area contributed by atoms with Crippen LogP contribution in [-0.4, -0.2) is 30.7 Å². The van der Waals surface area contributed by atoms with Crippen molar-refractivity contribution in [2.24, 2.45) is 0 Å². The first-order chi connectivity index (χ1) is 13.3. The smallest absolute Gasteiger partial charge is 0.341 e. The number of carboxylic acids is 1. The van der Waals surface area contributed by atoms with Gasteiger partial charge in [-0.15, -0.1) is 0 Å². The van der Waals surface area contributed by atoms with Gasteiger partial charge >= 0.3 is 5.97 Å². The predicted molar refractivity (Wildman–Crippen MR) is 105 cm³/mol. The van der Waals surface area contributed by atoms with E-state index in [-0.39, 0.29) is 17.1 Å². The van der Waals surface area contributed by atoms with E-state index >= 15 is 0 Å². The zero-order chi connectivity index (χ0) is 20.7. The van der Waals surface area contributed by atoms with E-state index in [0.717, 1.165) is 5.56 Å². The Morgan fingerprint density at radius 3 is 2.64 bits per heavy atom. The van der Waals surface area contributed by atoms with Crippen LogP contribution in [0.15, 0.2) is 42.0 Å². The number of aryl methyl sites for hydroxylation is 1. The minimum atomic E-state index is -1.12. The molecule has 0 unspecified atom stereocenters. The minimum absolute atomic E-state index is 0.124. The molecule has 0 atom stereocenters. The van der Waals surface area contributed by atoms with Crippen molar-refractivity contribution in [3.63, 3.8) is 0 Å². The molecular weight excluding hydrogens is 384 g/mol. The molecule has 0 aliphatic rings. The molecule has 0 spiro atoms. The number of ether oxygens (including phenoxy) is 2. The number of amides is 1. The second kappa shape index (κ2) is 9.44. The van der Waals surface area contributed by atoms with Crippen LogP contribution >= 0.6 is 11.6 Å². The Hall–Kier alpha value is -3.50. The van der Waals surface area contributed by atoms with E-state index in [0.29, 0.717) is 16.3 Å². The maximum atomic E-state index is 12.4. The summed E-state index contributed by atoms with van der Waals surface area (Å²) in [5.74, 6) is -1.19. The molecule has 0 saturated carbocycles. The first-order valence-electron chi connectivity index (χ1n) is 8.06. The van der Waals surface area contributed by atoms with Gasteiger partial charge in [0.2, 0.25) is 0 Å². The van der Waals surface area contributed by atoms with Crippen LogP contribution in [0, 0.1) is 18.3 Å². The van der Waals surface area contributed by atoms with Crippen LogP contribution in [0.25, 0.3) is 6.08 Å². The van der Waals surface area contributed by atoms with E-state index in [1.807, 2.05) is 13.0 Å². The van der Waals surface area contributed by atoms with Gasteiger partial charge in [0.25, 0.3) is 5.91 Å². The van der Waals surface area contributed by atoms with Crippen LogP contribution in [-0.2, 0) is 9.59 Å². The average molecular weight is 401 g/mol. The van der Waals surface area contributed by atoms with E-state index in [4.69, 9.17) is 26.2 Å². The lowest BCUT2D eigenvalue weighted by atomic mass is 10.1. The molecule has 0 aliphatic heterocycles. The number of nitrogens with one attached hydrogen (secondary N) is 1. The van der Waals surface area contributed by atoms with Crippen molar-refractivity contribution in [2.75, 3.05) is 19.0 Å². The van der Waals surface area contributed by atoms with Crippen molar-refractivity contribution in [1.29, 1.82) is 5.26 Å². The number of carbonyl (C=O) groups excluding carboxylic acids is 1. The fourth-order valence-corrected chi connectivity index (χ4v) is 2.44. The summed E-state index contributed by atoms with van der Waals surface area (Å²) in [5, 5.41) is 21.2. The summed E-state index contributed by atoms with van der Waals surface area (Å²) < 4.78 is 10.3. The highest BCUT2D eigenvalue weighted by Crippen LogP contribution is 2.29. The van der Waals surface area contributed by atoms with Gasteiger partial charge in [-0.05, 0) is 48.4 Å². The summed E-state index contributed by atoms with van der Waals surface area (Å²) >= 11 is 5.94. The summed E-state index contributed by atoms with van der Waals surface area (Å²) in [6, 6.07) is 11.5. The number of hydrogen-bond acceptors (Lipinski definition) is 5. The summed E-state index contributed by atoms with van der Waals surface area (Å²) in [6.45, 7) is 1.29. The van der Waals surface area contributed by atoms with E-state index in [1.54, 1.807) is 24.3 Å². The van der Waals surface area contributed by atoms with Gasteiger partial charge in [0, 0.05) is 10.7 Å². The molecule has 8 heteroatoms. The molecule has 0 heterocycles. The number of nitrogens with zero attached hydrogens (tertiary/aromatic N) is 1. The number of carboxylic acid groups (broad SMARTS) is 1. The summed E-state index contributed by atoms with van der Waals surface area (Å²) in [7, 11) is 1.40. The van der Waals surface area contributed by atoms with Crippen LogP contribution < -0.4 is 14.8 Å². The monoisotopic (exact) mass is 400 g/mol. The standard InChI is InChI=1S/C20H17ClN2O5/c1-12-3-5-15(21)9-16(12)23-20(26)14(10-22)7-13-4-6-17(18(8-13)27-2)28-11-19(24)25/h3-9H,11H2,1-2H3,(H,23,26)(H,24,25)/b14-7+. The third-order valence-corrected chi connectivity index (χ3v) is 3.90. The van der Waals surface area contributed by atoms with E-state index < -0.39 is 18.5 Å². The Kier molecular flexibility index (Phi) is 7.02. The Labute approximate surface area is 166 Å². The molecule has 2 aromatic carbocycles. The Morgan fingerprint density at radius 2 is 2.00 bits per heavy atom. The second-order valence-corrected chi connectivity index (χ2v) is 6.11. The molecule has 0 saturated heterocycles. The van der Waals surface area contributed by atoms with Crippen LogP contribution in [0.2, 0.25) is 5.02 Å². The lowest BCUT2D eigenvalue weighted by Crippen LogP contribution is -2.14. The second-order valence-electron chi connectivity index (χ2n) is 5.68. The summed E-state index contributed by atoms with van der Waals surface area (Å²) in [5.41, 5.74) is 1.69. The molecule has 144 valence electrons. The molecule has 2 rings (SSSR count). The summed E-state index contributed by atoms with van der Waals surface area (Å²) in [6.07, 6.45) is 1.39. The van der Waals surface area contributed by atoms with Gasteiger partial charge in [0.05, 0.1) is 7.11 Å². The molecule has 1 amide bonds. The first-order valence-corrected chi connectivity index (χ1v) is 8.43. The Balaban J connectivity index is 2.25. The Morgan fingerprint density at radius 1 is 1.25 bits per heavy atom. The van der Waals surface area contributed by atoms with Gasteiger partial charge in [-0.2, -0.15) is 5.26 Å². The van der Waals surface area contributed by atoms with Crippen LogP contribution in [0.5, 0.6) is 11.5 Å². The van der Waals surface area contributed by atoms with Crippen molar-refractivity contribution in [2.45, 2.75) is 6.92 Å². The van der Waals surface area contributed by atoms with Gasteiger partial charge in [0.15, 0.2) is 18.1 Å². The predicted octanol–water partition coefficient (Wildman–Crippen LogP) is 3.67. The van der Waals surface area contributed by atoms with Crippen molar-refractivity contribution in [3.8, 4) is 17.6 Å². The van der Waals surface area contributed by atoms with Gasteiger partial charge in [-0.1, -0.05) is 23.7 Å². The average Bonchev–Trinajstić information content (AvgIpc) is 2.67. The van der Waals surface area contributed by atoms with Gasteiger partial charge in [0.1, 0.15) is 11.6 Å². The van der Waals surface area contributed by atoms with Crippen LogP contribution in [0.3, 0.4) is 0 Å². The fraction of sp³-hybridized carbons (Fsp3) is 0.150. The third-order valence-electron chi connectivity index (χ3n) is 3.66. The summed E-state index contributed by atoms with van der Waals surface area (Å²) in [4.78, 5) is 23.1. The van der Waals surface area contributed by atoms with Crippen molar-refractivity contribution < 1.29 is 24.2 Å². The maximum Gasteiger partial charge on any atom is 0.341 e. The van der Waals surface area contributed by atoms with Crippen molar-refractivity contribution in [1.82, 2.24) is 0 Å². The number of anilines is 1. The number of nitriles is 1. The number of methoxy groups -OCH3 is 1. The van der Waals surface area contributed by atoms with E-state index in [9.17, 15) is 14.9 Å². The zero-order valence-corrected chi connectivity index (χ0v) is 15.9. The Bertz CT molecular complexity index is 979. The van der Waals surface area contributed by atoms with Crippen molar-refractivity contribution >= 4 is 35.2 Å². The first kappa shape index (κ1) is 20.8. The van der Waals surface area contributed by atoms with E-state index in [1.165, 1.54) is 25.3 Å². The number of aliphatic carboxylic acids is 1. The lowest BCUT2D eigenvalue weighted by molar-refractivity contribution is -0.139.